The minimum absolute atomic E-state index is 0.129. The van der Waals surface area contributed by atoms with Gasteiger partial charge in [0.2, 0.25) is 5.65 Å². The van der Waals surface area contributed by atoms with Gasteiger partial charge < -0.3 is 19.5 Å². The van der Waals surface area contributed by atoms with Gasteiger partial charge in [-0.25, -0.2) is 4.98 Å². The Labute approximate surface area is 142 Å². The van der Waals surface area contributed by atoms with Gasteiger partial charge in [0.05, 0.1) is 12.2 Å². The van der Waals surface area contributed by atoms with Crippen molar-refractivity contribution in [3.8, 4) is 0 Å². The molecule has 10 heteroatoms. The van der Waals surface area contributed by atoms with Crippen LogP contribution in [0.1, 0.15) is 11.5 Å². The van der Waals surface area contributed by atoms with Gasteiger partial charge in [0.1, 0.15) is 6.20 Å². The van der Waals surface area contributed by atoms with Crippen LogP contribution in [0.15, 0.2) is 28.9 Å². The molecule has 1 aliphatic rings. The summed E-state index contributed by atoms with van der Waals surface area (Å²) in [7, 11) is 0. The van der Waals surface area contributed by atoms with Gasteiger partial charge in [-0.05, 0) is 17.9 Å². The molecule has 1 fully saturated rings. The molecule has 0 aromatic carbocycles. The summed E-state index contributed by atoms with van der Waals surface area (Å²) in [6, 6.07) is 5.54. The van der Waals surface area contributed by atoms with Gasteiger partial charge in [-0.2, -0.15) is 0 Å². The molecule has 0 unspecified atom stereocenters. The Morgan fingerprint density at radius 1 is 1.28 bits per heavy atom. The number of fused-ring (bicyclic) bond motifs is 1. The molecule has 10 nitrogen and oxygen atoms in total. The van der Waals surface area contributed by atoms with E-state index in [0.717, 1.165) is 44.2 Å². The number of aryl methyl sites for hydroxylation is 1. The Kier molecular flexibility index (Phi) is 3.80. The molecule has 0 radical (unpaired) electrons. The lowest BCUT2D eigenvalue weighted by Crippen LogP contribution is -2.46. The molecule has 0 amide bonds. The fraction of sp³-hybridized carbons (Fsp3) is 0.400. The van der Waals surface area contributed by atoms with E-state index in [2.05, 4.69) is 25.0 Å². The van der Waals surface area contributed by atoms with Gasteiger partial charge in [-0.1, -0.05) is 14.8 Å². The zero-order chi connectivity index (χ0) is 17.4. The first-order chi connectivity index (χ1) is 12.1. The van der Waals surface area contributed by atoms with E-state index in [-0.39, 0.29) is 5.82 Å². The zero-order valence-corrected chi connectivity index (χ0v) is 13.7. The van der Waals surface area contributed by atoms with Gasteiger partial charge in [0.15, 0.2) is 11.6 Å². The van der Waals surface area contributed by atoms with Crippen LogP contribution >= 0.6 is 0 Å². The van der Waals surface area contributed by atoms with Crippen LogP contribution in [0.3, 0.4) is 0 Å². The molecule has 4 rings (SSSR count). The second-order valence-corrected chi connectivity index (χ2v) is 6.03. The molecule has 1 aliphatic heterocycles. The average molecular weight is 343 g/mol. The average Bonchev–Trinajstić information content (AvgIpc) is 3.21. The minimum atomic E-state index is -0.478. The predicted molar refractivity (Wildman–Crippen MR) is 88.4 cm³/mol. The van der Waals surface area contributed by atoms with Crippen molar-refractivity contribution in [2.45, 2.75) is 13.5 Å². The van der Waals surface area contributed by atoms with E-state index in [1.54, 1.807) is 6.07 Å². The largest absolute Gasteiger partial charge is 0.368 e. The monoisotopic (exact) mass is 343 g/mol. The standard InChI is InChI=1S/C15H17N7O3/c1-11-8-12(25-18-11)10-19-4-6-20(7-5-19)14-3-2-13-16-9-15(22(23)24)21(13)17-14/h2-3,8-9H,4-7,10H2,1H3. The van der Waals surface area contributed by atoms with Crippen molar-refractivity contribution < 1.29 is 9.45 Å². The number of piperazine rings is 1. The van der Waals surface area contributed by atoms with E-state index >= 15 is 0 Å². The summed E-state index contributed by atoms with van der Waals surface area (Å²) in [5, 5.41) is 19.3. The molecule has 0 spiro atoms. The van der Waals surface area contributed by atoms with Crippen LogP contribution in [0.25, 0.3) is 5.65 Å². The second-order valence-electron chi connectivity index (χ2n) is 6.03. The maximum atomic E-state index is 11.1. The summed E-state index contributed by atoms with van der Waals surface area (Å²) in [5.41, 5.74) is 1.35. The molecule has 0 atom stereocenters. The summed E-state index contributed by atoms with van der Waals surface area (Å²) in [6.07, 6.45) is 1.23. The summed E-state index contributed by atoms with van der Waals surface area (Å²) in [5.74, 6) is 1.44. The highest BCUT2D eigenvalue weighted by Crippen LogP contribution is 2.19. The first kappa shape index (κ1) is 15.5. The van der Waals surface area contributed by atoms with Crippen LogP contribution in [0, 0.1) is 17.0 Å². The first-order valence-electron chi connectivity index (χ1n) is 7.99. The number of nitro groups is 1. The lowest BCUT2D eigenvalue weighted by Gasteiger charge is -2.34. The Bertz CT molecular complexity index is 911. The van der Waals surface area contributed by atoms with Gasteiger partial charge in [0, 0.05) is 38.3 Å². The Morgan fingerprint density at radius 3 is 2.76 bits per heavy atom. The number of imidazole rings is 1. The molecule has 3 aromatic heterocycles. The van der Waals surface area contributed by atoms with Crippen molar-refractivity contribution in [3.05, 3.63) is 46.0 Å². The highest BCUT2D eigenvalue weighted by Gasteiger charge is 2.22. The molecular weight excluding hydrogens is 326 g/mol. The van der Waals surface area contributed by atoms with Crippen LogP contribution in [0.4, 0.5) is 11.6 Å². The van der Waals surface area contributed by atoms with Crippen molar-refractivity contribution in [3.63, 3.8) is 0 Å². The Hall–Kier alpha value is -3.01. The molecule has 0 bridgehead atoms. The summed E-state index contributed by atoms with van der Waals surface area (Å²) >= 11 is 0. The number of hydrogen-bond donors (Lipinski definition) is 0. The smallest absolute Gasteiger partial charge is 0.360 e. The summed E-state index contributed by atoms with van der Waals surface area (Å²) < 4.78 is 6.54. The van der Waals surface area contributed by atoms with Crippen molar-refractivity contribution in [1.82, 2.24) is 24.7 Å². The Balaban J connectivity index is 1.46. The quantitative estimate of drug-likeness (QED) is 0.515. The lowest BCUT2D eigenvalue weighted by molar-refractivity contribution is -0.391. The van der Waals surface area contributed by atoms with Gasteiger partial charge in [0.25, 0.3) is 0 Å². The molecule has 1 saturated heterocycles. The van der Waals surface area contributed by atoms with Gasteiger partial charge in [-0.3, -0.25) is 4.90 Å². The van der Waals surface area contributed by atoms with Crippen molar-refractivity contribution in [2.75, 3.05) is 31.1 Å². The fourth-order valence-electron chi connectivity index (χ4n) is 2.99. The SMILES string of the molecule is Cc1cc(CN2CCN(c3ccc4ncc([N+](=O)[O-])n4n3)CC2)on1. The summed E-state index contributed by atoms with van der Waals surface area (Å²) in [6.45, 7) is 5.91. The van der Waals surface area contributed by atoms with E-state index in [1.165, 1.54) is 10.7 Å². The van der Waals surface area contributed by atoms with E-state index in [1.807, 2.05) is 19.1 Å². The lowest BCUT2D eigenvalue weighted by atomic mass is 10.3. The third-order valence-corrected chi connectivity index (χ3v) is 4.27. The fourth-order valence-corrected chi connectivity index (χ4v) is 2.99. The van der Waals surface area contributed by atoms with Crippen molar-refractivity contribution in [2.24, 2.45) is 0 Å². The molecule has 0 aliphatic carbocycles. The zero-order valence-electron chi connectivity index (χ0n) is 13.7. The molecule has 0 saturated carbocycles. The number of aromatic nitrogens is 4. The van der Waals surface area contributed by atoms with Crippen molar-refractivity contribution >= 4 is 17.3 Å². The third-order valence-electron chi connectivity index (χ3n) is 4.27. The predicted octanol–water partition coefficient (Wildman–Crippen LogP) is 1.26. The Morgan fingerprint density at radius 2 is 2.08 bits per heavy atom. The van der Waals surface area contributed by atoms with E-state index < -0.39 is 4.92 Å². The molecule has 25 heavy (non-hydrogen) atoms. The summed E-state index contributed by atoms with van der Waals surface area (Å²) in [4.78, 5) is 19.0. The van der Waals surface area contributed by atoms with Crippen LogP contribution in [-0.4, -0.2) is 55.8 Å². The first-order valence-corrected chi connectivity index (χ1v) is 7.99. The van der Waals surface area contributed by atoms with E-state index in [4.69, 9.17) is 4.52 Å². The number of rotatable bonds is 4. The normalized spacial score (nSPS) is 15.8. The van der Waals surface area contributed by atoms with Crippen LogP contribution in [0.2, 0.25) is 0 Å². The minimum Gasteiger partial charge on any atom is -0.360 e. The molecule has 130 valence electrons. The molecule has 0 N–H and O–H groups in total. The number of nitrogens with zero attached hydrogens (tertiary/aromatic N) is 7. The topological polar surface area (TPSA) is 106 Å². The van der Waals surface area contributed by atoms with Crippen LogP contribution in [-0.2, 0) is 6.54 Å². The van der Waals surface area contributed by atoms with Crippen LogP contribution < -0.4 is 4.90 Å². The molecular formula is C15H17N7O3. The second kappa shape index (κ2) is 6.13. The van der Waals surface area contributed by atoms with Gasteiger partial charge >= 0.3 is 5.82 Å². The highest BCUT2D eigenvalue weighted by molar-refractivity contribution is 5.49. The van der Waals surface area contributed by atoms with E-state index in [0.29, 0.717) is 11.5 Å². The number of hydrogen-bond acceptors (Lipinski definition) is 8. The van der Waals surface area contributed by atoms with Crippen molar-refractivity contribution in [1.29, 1.82) is 0 Å². The number of anilines is 1. The van der Waals surface area contributed by atoms with E-state index in [9.17, 15) is 10.1 Å². The van der Waals surface area contributed by atoms with Crippen LogP contribution in [0.5, 0.6) is 0 Å². The molecule has 4 heterocycles. The third kappa shape index (κ3) is 3.03. The molecule has 3 aromatic rings. The maximum Gasteiger partial charge on any atom is 0.368 e. The van der Waals surface area contributed by atoms with Gasteiger partial charge in [-0.15, -0.1) is 0 Å². The highest BCUT2D eigenvalue weighted by atomic mass is 16.6. The maximum absolute atomic E-state index is 11.1.